The molecular weight excluding hydrogens is 797 g/mol. The number of nitrogens with zero attached hydrogens (tertiary/aromatic N) is 2. The summed E-state index contributed by atoms with van der Waals surface area (Å²) in [6.07, 6.45) is 11.5. The Balaban J connectivity index is 0. The van der Waals surface area contributed by atoms with E-state index in [0.29, 0.717) is 6.61 Å². The van der Waals surface area contributed by atoms with Crippen molar-refractivity contribution in [1.82, 2.24) is 31.1 Å². The number of rotatable bonds is 12. The van der Waals surface area contributed by atoms with Crippen molar-refractivity contribution in [3.8, 4) is 0 Å². The fourth-order valence-corrected chi connectivity index (χ4v) is 5.90. The SMILES string of the molecule is CC(C)NC(=O)OC(C)C.CC(C)NC(=O)OC1CCCCC1.CC(C)NC(=O)OCCN1CCCC1.CC(C)OC(=O)N(C)C(C)C.CC1CCC(OC(=O)NC(C)C)CC1. The zero-order valence-electron chi connectivity index (χ0n) is 41.9. The van der Waals surface area contributed by atoms with Gasteiger partial charge in [-0.1, -0.05) is 13.3 Å². The van der Waals surface area contributed by atoms with Crippen LogP contribution in [0, 0.1) is 5.92 Å². The second-order valence-electron chi connectivity index (χ2n) is 18.4. The van der Waals surface area contributed by atoms with Gasteiger partial charge in [0.15, 0.2) is 0 Å². The Morgan fingerprint density at radius 2 is 0.935 bits per heavy atom. The number of nitrogens with one attached hydrogen (secondary N) is 4. The Morgan fingerprint density at radius 3 is 1.34 bits per heavy atom. The zero-order valence-corrected chi connectivity index (χ0v) is 41.9. The average molecular weight is 889 g/mol. The maximum Gasteiger partial charge on any atom is 0.409 e. The molecule has 4 N–H and O–H groups in total. The third-order valence-corrected chi connectivity index (χ3v) is 9.27. The van der Waals surface area contributed by atoms with E-state index in [1.807, 2.05) is 96.9 Å². The van der Waals surface area contributed by atoms with Gasteiger partial charge < -0.3 is 49.9 Å². The summed E-state index contributed by atoms with van der Waals surface area (Å²) in [5.74, 6) is 0.794. The molecule has 0 unspecified atom stereocenters. The first kappa shape index (κ1) is 60.4. The molecular formula is C46H92N6O10. The lowest BCUT2D eigenvalue weighted by atomic mass is 9.89. The summed E-state index contributed by atoms with van der Waals surface area (Å²) in [6.45, 7) is 32.5. The Bertz CT molecular complexity index is 1170. The van der Waals surface area contributed by atoms with Crippen molar-refractivity contribution in [2.24, 2.45) is 5.92 Å². The molecule has 0 spiro atoms. The van der Waals surface area contributed by atoms with Crippen molar-refractivity contribution >= 4 is 30.5 Å². The summed E-state index contributed by atoms with van der Waals surface area (Å²) in [5, 5.41) is 10.8. The van der Waals surface area contributed by atoms with Crippen LogP contribution in [0.15, 0.2) is 0 Å². The van der Waals surface area contributed by atoms with Gasteiger partial charge in [-0.05, 0) is 180 Å². The summed E-state index contributed by atoms with van der Waals surface area (Å²) >= 11 is 0. The van der Waals surface area contributed by atoms with E-state index in [4.69, 9.17) is 23.7 Å². The van der Waals surface area contributed by atoms with E-state index in [9.17, 15) is 24.0 Å². The summed E-state index contributed by atoms with van der Waals surface area (Å²) in [4.78, 5) is 59.3. The van der Waals surface area contributed by atoms with Gasteiger partial charge in [-0.25, -0.2) is 24.0 Å². The van der Waals surface area contributed by atoms with E-state index < -0.39 is 0 Å². The van der Waals surface area contributed by atoms with Gasteiger partial charge in [-0.3, -0.25) is 4.90 Å². The molecule has 2 aliphatic carbocycles. The third kappa shape index (κ3) is 38.0. The Hall–Kier alpha value is -3.69. The maximum absolute atomic E-state index is 11.3. The average Bonchev–Trinajstić information content (AvgIpc) is 3.65. The Kier molecular flexibility index (Phi) is 34.8. The fourth-order valence-electron chi connectivity index (χ4n) is 5.90. The minimum atomic E-state index is -0.343. The normalized spacial score (nSPS) is 17.5. The lowest BCUT2D eigenvalue weighted by Crippen LogP contribution is -2.34. The molecule has 3 fully saturated rings. The molecule has 1 aliphatic heterocycles. The molecule has 0 bridgehead atoms. The van der Waals surface area contributed by atoms with Crippen molar-refractivity contribution in [1.29, 1.82) is 0 Å². The highest BCUT2D eigenvalue weighted by atomic mass is 16.6. The number of hydrogen-bond acceptors (Lipinski definition) is 11. The van der Waals surface area contributed by atoms with Crippen molar-refractivity contribution in [3.05, 3.63) is 0 Å². The minimum Gasteiger partial charge on any atom is -0.448 e. The molecule has 3 aliphatic rings. The number of carbonyl (C=O) groups is 5. The van der Waals surface area contributed by atoms with Gasteiger partial charge in [0, 0.05) is 43.8 Å². The standard InChI is InChI=1S/C11H21NO2.C10H20N2O2.C10H19NO2.C8H17NO2.C7H15NO2/c1-8(2)12-11(13)14-10-6-4-9(3)5-7-10;1-9(2)11-10(13)14-8-7-12-5-3-4-6-12;1-8(2)11-10(12)13-9-6-4-3-5-7-9;1-6(2)9(5)8(10)11-7(3)4;1-5(2)8-7(9)10-6(3)4/h8-10H,4-7H2,1-3H3,(H,12,13);9H,3-8H2,1-2H3,(H,11,13);8-9H,3-7H2,1-2H3,(H,11,12);6-7H,1-5H3;5-6H,1-4H3,(H,8,9). The molecule has 62 heavy (non-hydrogen) atoms. The van der Waals surface area contributed by atoms with Crippen molar-refractivity contribution in [2.45, 2.75) is 229 Å². The second-order valence-corrected chi connectivity index (χ2v) is 18.4. The van der Waals surface area contributed by atoms with E-state index in [1.165, 1.54) is 44.9 Å². The molecule has 1 heterocycles. The smallest absolute Gasteiger partial charge is 0.409 e. The minimum absolute atomic E-state index is 0.0382. The molecule has 3 rings (SSSR count). The summed E-state index contributed by atoms with van der Waals surface area (Å²) in [5.41, 5.74) is 0. The highest BCUT2D eigenvalue weighted by molar-refractivity contribution is 5.69. The van der Waals surface area contributed by atoms with E-state index >= 15 is 0 Å². The molecule has 2 saturated carbocycles. The predicted molar refractivity (Wildman–Crippen MR) is 247 cm³/mol. The summed E-state index contributed by atoms with van der Waals surface area (Å²) in [6, 6.07) is 0.808. The molecule has 0 atom stereocenters. The predicted octanol–water partition coefficient (Wildman–Crippen LogP) is 9.77. The van der Waals surface area contributed by atoms with Gasteiger partial charge in [-0.2, -0.15) is 0 Å². The topological polar surface area (TPSA) is 186 Å². The van der Waals surface area contributed by atoms with E-state index in [1.54, 1.807) is 11.9 Å². The van der Waals surface area contributed by atoms with Crippen LogP contribution in [0.4, 0.5) is 24.0 Å². The largest absolute Gasteiger partial charge is 0.448 e. The Morgan fingerprint density at radius 1 is 0.532 bits per heavy atom. The number of likely N-dealkylation sites (tertiary alicyclic amines) is 1. The Labute approximate surface area is 376 Å². The van der Waals surface area contributed by atoms with E-state index in [-0.39, 0.29) is 85.1 Å². The number of ether oxygens (including phenoxy) is 5. The van der Waals surface area contributed by atoms with Crippen LogP contribution in [0.1, 0.15) is 174 Å². The van der Waals surface area contributed by atoms with Crippen LogP contribution in [-0.4, -0.2) is 128 Å². The van der Waals surface area contributed by atoms with E-state index in [0.717, 1.165) is 51.2 Å². The molecule has 0 radical (unpaired) electrons. The summed E-state index contributed by atoms with van der Waals surface area (Å²) in [7, 11) is 1.73. The first-order valence-corrected chi connectivity index (χ1v) is 23.4. The van der Waals surface area contributed by atoms with Crippen LogP contribution in [0.2, 0.25) is 0 Å². The van der Waals surface area contributed by atoms with Gasteiger partial charge in [-0.15, -0.1) is 0 Å². The van der Waals surface area contributed by atoms with Crippen LogP contribution in [-0.2, 0) is 23.7 Å². The van der Waals surface area contributed by atoms with Crippen molar-refractivity contribution in [2.75, 3.05) is 33.3 Å². The lowest BCUT2D eigenvalue weighted by molar-refractivity contribution is 0.0648. The quantitative estimate of drug-likeness (QED) is 0.137. The second kappa shape index (κ2) is 35.7. The first-order valence-electron chi connectivity index (χ1n) is 23.4. The highest BCUT2D eigenvalue weighted by Crippen LogP contribution is 2.25. The molecule has 0 aromatic carbocycles. The van der Waals surface area contributed by atoms with Gasteiger partial charge in [0.2, 0.25) is 0 Å². The maximum atomic E-state index is 11.3. The highest BCUT2D eigenvalue weighted by Gasteiger charge is 2.22. The van der Waals surface area contributed by atoms with Gasteiger partial charge in [0.1, 0.15) is 18.8 Å². The zero-order chi connectivity index (χ0) is 47.8. The van der Waals surface area contributed by atoms with Crippen LogP contribution in [0.3, 0.4) is 0 Å². The van der Waals surface area contributed by atoms with Crippen molar-refractivity contribution < 1.29 is 47.7 Å². The van der Waals surface area contributed by atoms with Gasteiger partial charge in [0.25, 0.3) is 0 Å². The fraction of sp³-hybridized carbons (Fsp3) is 0.891. The molecule has 5 amide bonds. The molecule has 0 aromatic heterocycles. The molecule has 366 valence electrons. The molecule has 16 nitrogen and oxygen atoms in total. The van der Waals surface area contributed by atoms with Crippen LogP contribution in [0.25, 0.3) is 0 Å². The van der Waals surface area contributed by atoms with E-state index in [2.05, 4.69) is 33.1 Å². The van der Waals surface area contributed by atoms with Crippen LogP contribution < -0.4 is 21.3 Å². The van der Waals surface area contributed by atoms with Gasteiger partial charge in [0.05, 0.1) is 12.2 Å². The van der Waals surface area contributed by atoms with Gasteiger partial charge >= 0.3 is 30.5 Å². The van der Waals surface area contributed by atoms with Crippen LogP contribution in [0.5, 0.6) is 0 Å². The molecule has 0 aromatic rings. The number of amides is 5. The van der Waals surface area contributed by atoms with Crippen LogP contribution >= 0.6 is 0 Å². The number of hydrogen-bond donors (Lipinski definition) is 4. The molecule has 16 heteroatoms. The molecule has 1 saturated heterocycles. The lowest BCUT2D eigenvalue weighted by Gasteiger charge is -2.26. The first-order chi connectivity index (χ1) is 28.9. The summed E-state index contributed by atoms with van der Waals surface area (Å²) < 4.78 is 25.3. The third-order valence-electron chi connectivity index (χ3n) is 9.27. The van der Waals surface area contributed by atoms with Crippen molar-refractivity contribution in [3.63, 3.8) is 0 Å². The number of alkyl carbamates (subject to hydrolysis) is 4. The number of carbonyl (C=O) groups excluding carboxylic acids is 5. The monoisotopic (exact) mass is 889 g/mol.